The Balaban J connectivity index is 2.36. The number of nitrogens with zero attached hydrogens (tertiary/aromatic N) is 1. The first-order valence-corrected chi connectivity index (χ1v) is 6.45. The molecule has 2 rings (SSSR count). The van der Waals surface area contributed by atoms with Crippen LogP contribution >= 0.6 is 39.1 Å². The van der Waals surface area contributed by atoms with E-state index in [0.29, 0.717) is 10.0 Å². The SMILES string of the molecule is NC(c1ccc(Cl)cn1)c1ccc(Cl)cc1Br. The van der Waals surface area contributed by atoms with Crippen molar-refractivity contribution >= 4 is 39.1 Å². The minimum Gasteiger partial charge on any atom is -0.319 e. The van der Waals surface area contributed by atoms with E-state index in [4.69, 9.17) is 28.9 Å². The average Bonchev–Trinajstić information content (AvgIpc) is 2.29. The Morgan fingerprint density at radius 1 is 1.12 bits per heavy atom. The van der Waals surface area contributed by atoms with Crippen LogP contribution in [0.2, 0.25) is 10.0 Å². The van der Waals surface area contributed by atoms with E-state index in [-0.39, 0.29) is 6.04 Å². The molecule has 5 heteroatoms. The molecule has 1 heterocycles. The van der Waals surface area contributed by atoms with Gasteiger partial charge >= 0.3 is 0 Å². The van der Waals surface area contributed by atoms with Gasteiger partial charge in [0.05, 0.1) is 16.8 Å². The standard InChI is InChI=1S/C12H9BrCl2N2/c13-10-5-7(14)1-3-9(10)12(16)11-4-2-8(15)6-17-11/h1-6,12H,16H2. The van der Waals surface area contributed by atoms with Gasteiger partial charge in [0.25, 0.3) is 0 Å². The largest absolute Gasteiger partial charge is 0.319 e. The van der Waals surface area contributed by atoms with Gasteiger partial charge < -0.3 is 5.73 Å². The van der Waals surface area contributed by atoms with Crippen molar-refractivity contribution in [1.29, 1.82) is 0 Å². The van der Waals surface area contributed by atoms with Gasteiger partial charge in [-0.3, -0.25) is 4.98 Å². The second-order valence-electron chi connectivity index (χ2n) is 3.54. The Labute approximate surface area is 118 Å². The molecule has 17 heavy (non-hydrogen) atoms. The first-order chi connectivity index (χ1) is 8.08. The molecule has 0 saturated carbocycles. The monoisotopic (exact) mass is 330 g/mol. The van der Waals surface area contributed by atoms with Crippen LogP contribution in [0.15, 0.2) is 41.0 Å². The molecule has 88 valence electrons. The summed E-state index contributed by atoms with van der Waals surface area (Å²) in [5.74, 6) is 0. The van der Waals surface area contributed by atoms with E-state index in [1.165, 1.54) is 0 Å². The summed E-state index contributed by atoms with van der Waals surface area (Å²) in [5.41, 5.74) is 7.83. The van der Waals surface area contributed by atoms with Crippen molar-refractivity contribution in [1.82, 2.24) is 4.98 Å². The molecular weight excluding hydrogens is 323 g/mol. The van der Waals surface area contributed by atoms with Crippen LogP contribution in [0.3, 0.4) is 0 Å². The zero-order valence-electron chi connectivity index (χ0n) is 8.70. The summed E-state index contributed by atoms with van der Waals surface area (Å²) in [6.45, 7) is 0. The van der Waals surface area contributed by atoms with Gasteiger partial charge in [-0.05, 0) is 29.8 Å². The van der Waals surface area contributed by atoms with Crippen molar-refractivity contribution in [2.75, 3.05) is 0 Å². The van der Waals surface area contributed by atoms with E-state index in [1.54, 1.807) is 18.3 Å². The zero-order chi connectivity index (χ0) is 12.4. The molecule has 2 nitrogen and oxygen atoms in total. The van der Waals surface area contributed by atoms with Gasteiger partial charge in [0.15, 0.2) is 0 Å². The summed E-state index contributed by atoms with van der Waals surface area (Å²) in [7, 11) is 0. The molecule has 0 fully saturated rings. The number of rotatable bonds is 2. The molecule has 0 saturated heterocycles. The van der Waals surface area contributed by atoms with Crippen LogP contribution in [-0.4, -0.2) is 4.98 Å². The van der Waals surface area contributed by atoms with Crippen molar-refractivity contribution in [3.8, 4) is 0 Å². The maximum absolute atomic E-state index is 6.14. The number of hydrogen-bond acceptors (Lipinski definition) is 2. The summed E-state index contributed by atoms with van der Waals surface area (Å²) in [6.07, 6.45) is 1.58. The maximum atomic E-state index is 6.14. The number of pyridine rings is 1. The summed E-state index contributed by atoms with van der Waals surface area (Å²) < 4.78 is 0.870. The first-order valence-electron chi connectivity index (χ1n) is 4.90. The van der Waals surface area contributed by atoms with Crippen molar-refractivity contribution in [2.45, 2.75) is 6.04 Å². The van der Waals surface area contributed by atoms with E-state index < -0.39 is 0 Å². The van der Waals surface area contributed by atoms with Crippen LogP contribution in [0.25, 0.3) is 0 Å². The Morgan fingerprint density at radius 2 is 1.82 bits per heavy atom. The average molecular weight is 332 g/mol. The highest BCUT2D eigenvalue weighted by Gasteiger charge is 2.13. The zero-order valence-corrected chi connectivity index (χ0v) is 11.8. The molecular formula is C12H9BrCl2N2. The lowest BCUT2D eigenvalue weighted by molar-refractivity contribution is 0.824. The Kier molecular flexibility index (Phi) is 4.05. The summed E-state index contributed by atoms with van der Waals surface area (Å²) in [6, 6.07) is 8.78. The smallest absolute Gasteiger partial charge is 0.0737 e. The number of nitrogens with two attached hydrogens (primary N) is 1. The predicted molar refractivity (Wildman–Crippen MR) is 74.4 cm³/mol. The van der Waals surface area contributed by atoms with E-state index in [0.717, 1.165) is 15.7 Å². The lowest BCUT2D eigenvalue weighted by atomic mass is 10.0. The normalized spacial score (nSPS) is 12.5. The molecule has 0 spiro atoms. The highest BCUT2D eigenvalue weighted by Crippen LogP contribution is 2.28. The molecule has 0 aliphatic rings. The molecule has 2 N–H and O–H groups in total. The number of halogens is 3. The Hall–Kier alpha value is -0.610. The fourth-order valence-corrected chi connectivity index (χ4v) is 2.53. The molecule has 1 atom stereocenters. The van der Waals surface area contributed by atoms with Crippen molar-refractivity contribution < 1.29 is 0 Å². The van der Waals surface area contributed by atoms with Crippen molar-refractivity contribution in [3.05, 3.63) is 62.3 Å². The predicted octanol–water partition coefficient (Wildman–Crippen LogP) is 4.20. The van der Waals surface area contributed by atoms with Crippen LogP contribution in [0.4, 0.5) is 0 Å². The van der Waals surface area contributed by atoms with Gasteiger partial charge in [-0.15, -0.1) is 0 Å². The Bertz CT molecular complexity index is 529. The van der Waals surface area contributed by atoms with Crippen LogP contribution < -0.4 is 5.73 Å². The second-order valence-corrected chi connectivity index (χ2v) is 5.27. The topological polar surface area (TPSA) is 38.9 Å². The number of hydrogen-bond donors (Lipinski definition) is 1. The number of aromatic nitrogens is 1. The molecule has 0 aliphatic carbocycles. The van der Waals surface area contributed by atoms with Crippen molar-refractivity contribution in [2.24, 2.45) is 5.73 Å². The molecule has 0 bridgehead atoms. The fourth-order valence-electron chi connectivity index (χ4n) is 1.48. The molecule has 0 radical (unpaired) electrons. The summed E-state index contributed by atoms with van der Waals surface area (Å²) in [5, 5.41) is 1.26. The van der Waals surface area contributed by atoms with Crippen molar-refractivity contribution in [3.63, 3.8) is 0 Å². The molecule has 1 unspecified atom stereocenters. The molecule has 0 amide bonds. The van der Waals surface area contributed by atoms with Gasteiger partial charge in [0.1, 0.15) is 0 Å². The summed E-state index contributed by atoms with van der Waals surface area (Å²) in [4.78, 5) is 4.21. The molecule has 0 aliphatic heterocycles. The van der Waals surface area contributed by atoms with Crippen LogP contribution in [-0.2, 0) is 0 Å². The van der Waals surface area contributed by atoms with Gasteiger partial charge in [0, 0.05) is 15.7 Å². The molecule has 1 aromatic heterocycles. The van der Waals surface area contributed by atoms with Gasteiger partial charge in [0.2, 0.25) is 0 Å². The van der Waals surface area contributed by atoms with E-state index >= 15 is 0 Å². The third-order valence-corrected chi connectivity index (χ3v) is 3.51. The summed E-state index contributed by atoms with van der Waals surface area (Å²) >= 11 is 15.1. The van der Waals surface area contributed by atoms with E-state index in [2.05, 4.69) is 20.9 Å². The lowest BCUT2D eigenvalue weighted by Crippen LogP contribution is -2.13. The second kappa shape index (κ2) is 5.36. The molecule has 2 aromatic rings. The minimum absolute atomic E-state index is 0.307. The van der Waals surface area contributed by atoms with Crippen LogP contribution in [0.5, 0.6) is 0 Å². The van der Waals surface area contributed by atoms with E-state index in [9.17, 15) is 0 Å². The van der Waals surface area contributed by atoms with E-state index in [1.807, 2.05) is 18.2 Å². The van der Waals surface area contributed by atoms with Crippen LogP contribution in [0, 0.1) is 0 Å². The quantitative estimate of drug-likeness (QED) is 0.895. The lowest BCUT2D eigenvalue weighted by Gasteiger charge is -2.13. The van der Waals surface area contributed by atoms with Crippen LogP contribution in [0.1, 0.15) is 17.3 Å². The molecule has 1 aromatic carbocycles. The Morgan fingerprint density at radius 3 is 2.41 bits per heavy atom. The van der Waals surface area contributed by atoms with Gasteiger partial charge in [-0.2, -0.15) is 0 Å². The van der Waals surface area contributed by atoms with Gasteiger partial charge in [-0.25, -0.2) is 0 Å². The highest BCUT2D eigenvalue weighted by molar-refractivity contribution is 9.10. The minimum atomic E-state index is -0.307. The first kappa shape index (κ1) is 12.8. The fraction of sp³-hybridized carbons (Fsp3) is 0.0833. The van der Waals surface area contributed by atoms with Gasteiger partial charge in [-0.1, -0.05) is 45.2 Å². The third-order valence-electron chi connectivity index (χ3n) is 2.37. The number of benzene rings is 1. The maximum Gasteiger partial charge on any atom is 0.0737 e. The third kappa shape index (κ3) is 2.99. The highest BCUT2D eigenvalue weighted by atomic mass is 79.9.